The number of nitro benzene ring substituents is 1. The molecular weight excluding hydrogens is 292 g/mol. The third kappa shape index (κ3) is 3.03. The average molecular weight is 306 g/mol. The first-order valence-corrected chi connectivity index (χ1v) is 6.52. The van der Waals surface area contributed by atoms with Crippen LogP contribution in [-0.2, 0) is 14.4 Å². The number of hydrogen-bond donors (Lipinski definition) is 0. The molecule has 1 aliphatic rings. The lowest BCUT2D eigenvalue weighted by Gasteiger charge is -2.33. The second-order valence-corrected chi connectivity index (χ2v) is 4.68. The van der Waals surface area contributed by atoms with E-state index in [1.165, 1.54) is 18.2 Å². The SMILES string of the molecule is O=CN1CCN(c2ccc(N(C=O)C=O)cc2[N+](=O)[O-])CC1. The Morgan fingerprint density at radius 3 is 2.23 bits per heavy atom. The number of benzene rings is 1. The number of nitro groups is 1. The summed E-state index contributed by atoms with van der Waals surface area (Å²) in [7, 11) is 0. The maximum atomic E-state index is 11.3. The van der Waals surface area contributed by atoms with Crippen molar-refractivity contribution in [2.75, 3.05) is 36.0 Å². The summed E-state index contributed by atoms with van der Waals surface area (Å²) < 4.78 is 0. The molecule has 1 aromatic rings. The lowest BCUT2D eigenvalue weighted by Crippen LogP contribution is -2.45. The van der Waals surface area contributed by atoms with Crippen LogP contribution < -0.4 is 9.80 Å². The molecule has 0 atom stereocenters. The lowest BCUT2D eigenvalue weighted by molar-refractivity contribution is -0.384. The van der Waals surface area contributed by atoms with Gasteiger partial charge in [0.1, 0.15) is 5.69 Å². The number of imide groups is 1. The summed E-state index contributed by atoms with van der Waals surface area (Å²) in [5.74, 6) is 0. The molecule has 116 valence electrons. The Kier molecular flexibility index (Phi) is 4.66. The van der Waals surface area contributed by atoms with Crippen LogP contribution in [0.1, 0.15) is 0 Å². The van der Waals surface area contributed by atoms with Gasteiger partial charge in [0.05, 0.1) is 10.6 Å². The summed E-state index contributed by atoms with van der Waals surface area (Å²) in [5, 5.41) is 11.3. The van der Waals surface area contributed by atoms with Gasteiger partial charge in [0.2, 0.25) is 19.2 Å². The van der Waals surface area contributed by atoms with E-state index >= 15 is 0 Å². The van der Waals surface area contributed by atoms with Gasteiger partial charge >= 0.3 is 0 Å². The van der Waals surface area contributed by atoms with Crippen LogP contribution in [0.5, 0.6) is 0 Å². The van der Waals surface area contributed by atoms with E-state index in [0.717, 1.165) is 11.3 Å². The number of rotatable bonds is 6. The smallest absolute Gasteiger partial charge is 0.294 e. The number of hydrogen-bond acceptors (Lipinski definition) is 6. The highest BCUT2D eigenvalue weighted by atomic mass is 16.6. The van der Waals surface area contributed by atoms with Gasteiger partial charge in [-0.3, -0.25) is 29.4 Å². The highest BCUT2D eigenvalue weighted by molar-refractivity contribution is 5.96. The molecule has 1 heterocycles. The van der Waals surface area contributed by atoms with Gasteiger partial charge < -0.3 is 9.80 Å². The van der Waals surface area contributed by atoms with Crippen molar-refractivity contribution in [1.29, 1.82) is 0 Å². The topological polar surface area (TPSA) is 104 Å². The summed E-state index contributed by atoms with van der Waals surface area (Å²) in [4.78, 5) is 47.0. The van der Waals surface area contributed by atoms with Crippen molar-refractivity contribution in [1.82, 2.24) is 4.90 Å². The maximum Gasteiger partial charge on any atom is 0.294 e. The predicted octanol–water partition coefficient (Wildman–Crippen LogP) is -0.00760. The van der Waals surface area contributed by atoms with E-state index in [4.69, 9.17) is 0 Å². The minimum Gasteiger partial charge on any atom is -0.362 e. The van der Waals surface area contributed by atoms with E-state index in [9.17, 15) is 24.5 Å². The van der Waals surface area contributed by atoms with E-state index in [2.05, 4.69) is 0 Å². The van der Waals surface area contributed by atoms with Gasteiger partial charge in [-0.2, -0.15) is 0 Å². The first kappa shape index (κ1) is 15.4. The van der Waals surface area contributed by atoms with E-state index in [-0.39, 0.29) is 24.2 Å². The predicted molar refractivity (Wildman–Crippen MR) is 77.6 cm³/mol. The minimum absolute atomic E-state index is 0.131. The number of piperazine rings is 1. The fraction of sp³-hybridized carbons (Fsp3) is 0.308. The zero-order valence-electron chi connectivity index (χ0n) is 11.6. The summed E-state index contributed by atoms with van der Waals surface area (Å²) >= 11 is 0. The number of carbonyl (C=O) groups is 3. The van der Waals surface area contributed by atoms with E-state index in [1.807, 2.05) is 0 Å². The lowest BCUT2D eigenvalue weighted by atomic mass is 10.2. The molecule has 9 heteroatoms. The van der Waals surface area contributed by atoms with Gasteiger partial charge in [-0.15, -0.1) is 0 Å². The highest BCUT2D eigenvalue weighted by Crippen LogP contribution is 2.32. The normalized spacial score (nSPS) is 14.4. The van der Waals surface area contributed by atoms with Crippen LogP contribution in [0.25, 0.3) is 0 Å². The monoisotopic (exact) mass is 306 g/mol. The summed E-state index contributed by atoms with van der Waals surface area (Å²) in [6, 6.07) is 4.16. The van der Waals surface area contributed by atoms with E-state index in [0.29, 0.717) is 31.9 Å². The molecule has 0 radical (unpaired) electrons. The van der Waals surface area contributed by atoms with Gasteiger partial charge in [0, 0.05) is 32.2 Å². The third-order valence-corrected chi connectivity index (χ3v) is 3.48. The molecule has 0 aromatic heterocycles. The zero-order valence-corrected chi connectivity index (χ0v) is 11.6. The van der Waals surface area contributed by atoms with Crippen molar-refractivity contribution < 1.29 is 19.3 Å². The Hall–Kier alpha value is -2.97. The molecule has 22 heavy (non-hydrogen) atoms. The van der Waals surface area contributed by atoms with Crippen LogP contribution >= 0.6 is 0 Å². The van der Waals surface area contributed by atoms with Crippen molar-refractivity contribution >= 4 is 36.3 Å². The number of carbonyl (C=O) groups excluding carboxylic acids is 3. The summed E-state index contributed by atoms with van der Waals surface area (Å²) in [6.45, 7) is 1.92. The Labute approximate surface area is 125 Å². The Bertz CT molecular complexity index is 590. The first-order valence-electron chi connectivity index (χ1n) is 6.52. The molecule has 0 saturated carbocycles. The minimum atomic E-state index is -0.557. The molecule has 0 N–H and O–H groups in total. The Morgan fingerprint density at radius 2 is 1.73 bits per heavy atom. The third-order valence-electron chi connectivity index (χ3n) is 3.48. The molecule has 0 unspecified atom stereocenters. The molecule has 3 amide bonds. The van der Waals surface area contributed by atoms with Crippen LogP contribution in [0, 0.1) is 10.1 Å². The Morgan fingerprint density at radius 1 is 1.09 bits per heavy atom. The fourth-order valence-electron chi connectivity index (χ4n) is 2.30. The van der Waals surface area contributed by atoms with Crippen molar-refractivity contribution in [2.24, 2.45) is 0 Å². The summed E-state index contributed by atoms with van der Waals surface area (Å²) in [6.07, 6.45) is 1.32. The highest BCUT2D eigenvalue weighted by Gasteiger charge is 2.24. The Balaban J connectivity index is 2.32. The van der Waals surface area contributed by atoms with Gasteiger partial charge in [-0.1, -0.05) is 0 Å². The zero-order chi connectivity index (χ0) is 16.1. The van der Waals surface area contributed by atoms with Gasteiger partial charge in [0.15, 0.2) is 0 Å². The van der Waals surface area contributed by atoms with Gasteiger partial charge in [-0.25, -0.2) is 0 Å². The largest absolute Gasteiger partial charge is 0.362 e. The number of amides is 3. The van der Waals surface area contributed by atoms with Crippen molar-refractivity contribution in [3.63, 3.8) is 0 Å². The van der Waals surface area contributed by atoms with Crippen LogP contribution in [-0.4, -0.2) is 55.2 Å². The molecule has 2 rings (SSSR count). The van der Waals surface area contributed by atoms with Crippen LogP contribution in [0.4, 0.5) is 17.1 Å². The summed E-state index contributed by atoms with van der Waals surface area (Å²) in [5.41, 5.74) is 0.341. The second kappa shape index (κ2) is 6.66. The van der Waals surface area contributed by atoms with Crippen molar-refractivity contribution in [2.45, 2.75) is 0 Å². The van der Waals surface area contributed by atoms with E-state index < -0.39 is 4.92 Å². The van der Waals surface area contributed by atoms with Crippen LogP contribution in [0.2, 0.25) is 0 Å². The standard InChI is InChI=1S/C13H14N4O5/c18-8-14-3-5-15(6-4-14)12-2-1-11(16(9-19)10-20)7-13(12)17(21)22/h1-2,7-10H,3-6H2. The van der Waals surface area contributed by atoms with Crippen molar-refractivity contribution in [3.8, 4) is 0 Å². The van der Waals surface area contributed by atoms with Crippen molar-refractivity contribution in [3.05, 3.63) is 28.3 Å². The molecule has 0 spiro atoms. The second-order valence-electron chi connectivity index (χ2n) is 4.68. The quantitative estimate of drug-likeness (QED) is 0.416. The molecule has 0 aliphatic carbocycles. The van der Waals surface area contributed by atoms with Gasteiger partial charge in [0.25, 0.3) is 5.69 Å². The molecule has 0 bridgehead atoms. The molecule has 9 nitrogen and oxygen atoms in total. The van der Waals surface area contributed by atoms with E-state index in [1.54, 1.807) is 9.80 Å². The first-order chi connectivity index (χ1) is 10.6. The molecule has 1 aromatic carbocycles. The van der Waals surface area contributed by atoms with Gasteiger partial charge in [-0.05, 0) is 12.1 Å². The molecular formula is C13H14N4O5. The average Bonchev–Trinajstić information content (AvgIpc) is 2.56. The molecule has 1 saturated heterocycles. The fourth-order valence-corrected chi connectivity index (χ4v) is 2.30. The number of nitrogens with zero attached hydrogens (tertiary/aromatic N) is 4. The number of anilines is 2. The van der Waals surface area contributed by atoms with Crippen LogP contribution in [0.3, 0.4) is 0 Å². The molecule has 1 fully saturated rings. The van der Waals surface area contributed by atoms with Crippen LogP contribution in [0.15, 0.2) is 18.2 Å². The maximum absolute atomic E-state index is 11.3. The molecule has 1 aliphatic heterocycles.